The molecule has 3 unspecified atom stereocenters. The zero-order valence-electron chi connectivity index (χ0n) is 23.7. The minimum absolute atomic E-state index is 0.0465. The molecule has 1 saturated heterocycles. The van der Waals surface area contributed by atoms with Gasteiger partial charge in [-0.3, -0.25) is 19.2 Å². The summed E-state index contributed by atoms with van der Waals surface area (Å²) in [4.78, 5) is 54.3. The lowest BCUT2D eigenvalue weighted by Crippen LogP contribution is -2.59. The molecular weight excluding hydrogens is 554 g/mol. The van der Waals surface area contributed by atoms with Crippen molar-refractivity contribution in [1.29, 1.82) is 0 Å². The molecule has 1 aliphatic heterocycles. The molecule has 3 aromatic rings. The molecule has 3 atom stereocenters. The SMILES string of the molecule is Cc1c(O)cccc1C(=O)NC(Cc1ccccc1)C(O)C(=O)N1CSC(C)(C)C1C(=O)NCC(=O)c1ccccc1. The third-order valence-electron chi connectivity index (χ3n) is 7.40. The van der Waals surface area contributed by atoms with Gasteiger partial charge in [-0.1, -0.05) is 66.7 Å². The first kappa shape index (κ1) is 30.8. The van der Waals surface area contributed by atoms with Gasteiger partial charge in [0.2, 0.25) is 5.91 Å². The van der Waals surface area contributed by atoms with Crippen LogP contribution in [-0.4, -0.2) is 74.0 Å². The smallest absolute Gasteiger partial charge is 0.254 e. The number of aliphatic hydroxyl groups is 1. The molecule has 0 saturated carbocycles. The Morgan fingerprint density at radius 3 is 2.29 bits per heavy atom. The molecule has 4 rings (SSSR count). The molecule has 220 valence electrons. The number of benzene rings is 3. The molecule has 1 fully saturated rings. The number of ketones is 1. The van der Waals surface area contributed by atoms with Gasteiger partial charge in [0, 0.05) is 21.4 Å². The Hall–Kier alpha value is -4.15. The number of aliphatic hydroxyl groups excluding tert-OH is 1. The van der Waals surface area contributed by atoms with E-state index in [2.05, 4.69) is 10.6 Å². The number of rotatable bonds is 10. The molecule has 0 radical (unpaired) electrons. The van der Waals surface area contributed by atoms with Crippen molar-refractivity contribution in [2.45, 2.75) is 50.1 Å². The van der Waals surface area contributed by atoms with E-state index in [1.54, 1.807) is 49.4 Å². The molecule has 1 heterocycles. The van der Waals surface area contributed by atoms with Gasteiger partial charge in [-0.2, -0.15) is 0 Å². The lowest BCUT2D eigenvalue weighted by Gasteiger charge is -2.33. The molecule has 10 heteroatoms. The summed E-state index contributed by atoms with van der Waals surface area (Å²) in [6, 6.07) is 20.3. The highest BCUT2D eigenvalue weighted by Gasteiger charge is 2.49. The Bertz CT molecular complexity index is 1450. The summed E-state index contributed by atoms with van der Waals surface area (Å²) >= 11 is 1.38. The van der Waals surface area contributed by atoms with E-state index in [0.717, 1.165) is 5.56 Å². The van der Waals surface area contributed by atoms with Crippen LogP contribution in [0.3, 0.4) is 0 Å². The van der Waals surface area contributed by atoms with E-state index in [4.69, 9.17) is 0 Å². The van der Waals surface area contributed by atoms with Crippen LogP contribution < -0.4 is 10.6 Å². The van der Waals surface area contributed by atoms with Crippen LogP contribution in [0.2, 0.25) is 0 Å². The Morgan fingerprint density at radius 2 is 1.62 bits per heavy atom. The predicted octanol–water partition coefficient (Wildman–Crippen LogP) is 3.08. The van der Waals surface area contributed by atoms with Crippen LogP contribution in [0.25, 0.3) is 0 Å². The van der Waals surface area contributed by atoms with Gasteiger partial charge in [0.25, 0.3) is 11.8 Å². The zero-order chi connectivity index (χ0) is 30.4. The second-order valence-corrected chi connectivity index (χ2v) is 12.4. The van der Waals surface area contributed by atoms with Crippen molar-refractivity contribution in [3.8, 4) is 5.75 Å². The second-order valence-electron chi connectivity index (χ2n) is 10.8. The second kappa shape index (κ2) is 13.2. The van der Waals surface area contributed by atoms with Crippen LogP contribution in [0, 0.1) is 6.92 Å². The first-order chi connectivity index (χ1) is 20.0. The third-order valence-corrected chi connectivity index (χ3v) is 8.77. The number of carbonyl (C=O) groups is 4. The first-order valence-corrected chi connectivity index (χ1v) is 14.6. The maximum atomic E-state index is 13.8. The van der Waals surface area contributed by atoms with Crippen LogP contribution in [0.15, 0.2) is 78.9 Å². The van der Waals surface area contributed by atoms with Crippen molar-refractivity contribution in [2.24, 2.45) is 0 Å². The van der Waals surface area contributed by atoms with Crippen molar-refractivity contribution < 1.29 is 29.4 Å². The molecule has 4 N–H and O–H groups in total. The molecule has 0 spiro atoms. The summed E-state index contributed by atoms with van der Waals surface area (Å²) in [6.45, 7) is 5.02. The van der Waals surface area contributed by atoms with E-state index in [-0.39, 0.29) is 35.9 Å². The predicted molar refractivity (Wildman–Crippen MR) is 161 cm³/mol. The van der Waals surface area contributed by atoms with Gasteiger partial charge in [0.15, 0.2) is 11.9 Å². The van der Waals surface area contributed by atoms with Crippen molar-refractivity contribution >= 4 is 35.3 Å². The number of nitrogens with one attached hydrogen (secondary N) is 2. The molecule has 3 aromatic carbocycles. The zero-order valence-corrected chi connectivity index (χ0v) is 24.6. The number of hydrogen-bond acceptors (Lipinski definition) is 7. The fourth-order valence-corrected chi connectivity index (χ4v) is 6.11. The summed E-state index contributed by atoms with van der Waals surface area (Å²) in [6.07, 6.45) is -1.54. The van der Waals surface area contributed by atoms with Crippen LogP contribution in [0.1, 0.15) is 45.7 Å². The Morgan fingerprint density at radius 1 is 0.976 bits per heavy atom. The molecule has 42 heavy (non-hydrogen) atoms. The van der Waals surface area contributed by atoms with Crippen molar-refractivity contribution in [3.05, 3.63) is 101 Å². The minimum Gasteiger partial charge on any atom is -0.508 e. The Labute approximate surface area is 249 Å². The van der Waals surface area contributed by atoms with E-state index in [0.29, 0.717) is 11.1 Å². The number of nitrogens with zero attached hydrogens (tertiary/aromatic N) is 1. The number of Topliss-reactive ketones (excluding diaryl/α,β-unsaturated/α-hetero) is 1. The highest BCUT2D eigenvalue weighted by Crippen LogP contribution is 2.40. The maximum absolute atomic E-state index is 13.8. The van der Waals surface area contributed by atoms with E-state index < -0.39 is 40.7 Å². The standard InChI is InChI=1S/C32H35N3O6S/c1-20-23(15-10-16-25(20)36)29(39)34-24(17-21-11-6-4-7-12-21)27(38)31(41)35-19-42-32(2,3)28(35)30(40)33-18-26(37)22-13-8-5-9-14-22/h4-16,24,27-28,36,38H,17-19H2,1-3H3,(H,33,40)(H,34,39). The summed E-state index contributed by atoms with van der Waals surface area (Å²) in [5, 5.41) is 26.9. The van der Waals surface area contributed by atoms with Gasteiger partial charge < -0.3 is 25.7 Å². The number of carbonyl (C=O) groups excluding carboxylic acids is 4. The molecule has 1 aliphatic rings. The highest BCUT2D eigenvalue weighted by molar-refractivity contribution is 8.00. The topological polar surface area (TPSA) is 136 Å². The van der Waals surface area contributed by atoms with Crippen LogP contribution in [0.4, 0.5) is 0 Å². The van der Waals surface area contributed by atoms with Crippen LogP contribution >= 0.6 is 11.8 Å². The van der Waals surface area contributed by atoms with Gasteiger partial charge in [-0.05, 0) is 44.9 Å². The van der Waals surface area contributed by atoms with Gasteiger partial charge in [0.05, 0.1) is 18.5 Å². The Kier molecular flexibility index (Phi) is 9.70. The first-order valence-electron chi connectivity index (χ1n) is 13.6. The Balaban J connectivity index is 1.54. The molecule has 0 bridgehead atoms. The van der Waals surface area contributed by atoms with Crippen LogP contribution in [-0.2, 0) is 16.0 Å². The third kappa shape index (κ3) is 7.00. The number of phenolic OH excluding ortho intramolecular Hbond substituents is 1. The lowest BCUT2D eigenvalue weighted by molar-refractivity contribution is -0.147. The molecule has 3 amide bonds. The molecule has 0 aromatic heterocycles. The van der Waals surface area contributed by atoms with Crippen molar-refractivity contribution in [2.75, 3.05) is 12.4 Å². The van der Waals surface area contributed by atoms with E-state index in [1.165, 1.54) is 22.7 Å². The fourth-order valence-electron chi connectivity index (χ4n) is 4.97. The number of amides is 3. The molecule has 0 aliphatic carbocycles. The van der Waals surface area contributed by atoms with Crippen molar-refractivity contribution in [3.63, 3.8) is 0 Å². The largest absolute Gasteiger partial charge is 0.508 e. The van der Waals surface area contributed by atoms with E-state index >= 15 is 0 Å². The van der Waals surface area contributed by atoms with E-state index in [1.807, 2.05) is 44.2 Å². The average molecular weight is 590 g/mol. The number of thioether (sulfide) groups is 1. The maximum Gasteiger partial charge on any atom is 0.254 e. The summed E-state index contributed by atoms with van der Waals surface area (Å²) in [7, 11) is 0. The monoisotopic (exact) mass is 589 g/mol. The van der Waals surface area contributed by atoms with Gasteiger partial charge in [-0.15, -0.1) is 11.8 Å². The summed E-state index contributed by atoms with van der Waals surface area (Å²) in [5.74, 6) is -1.94. The van der Waals surface area contributed by atoms with Crippen LogP contribution in [0.5, 0.6) is 5.75 Å². The summed E-state index contributed by atoms with van der Waals surface area (Å²) < 4.78 is -0.702. The van der Waals surface area contributed by atoms with E-state index in [9.17, 15) is 29.4 Å². The molecular formula is C32H35N3O6S. The average Bonchev–Trinajstić information content (AvgIpc) is 3.31. The number of phenols is 1. The number of aromatic hydroxyl groups is 1. The van der Waals surface area contributed by atoms with Gasteiger partial charge >= 0.3 is 0 Å². The minimum atomic E-state index is -1.68. The normalized spacial score (nSPS) is 17.2. The molecule has 9 nitrogen and oxygen atoms in total. The van der Waals surface area contributed by atoms with Gasteiger partial charge in [-0.25, -0.2) is 0 Å². The number of hydrogen-bond donors (Lipinski definition) is 4. The fraction of sp³-hybridized carbons (Fsp3) is 0.312. The highest BCUT2D eigenvalue weighted by atomic mass is 32.2. The van der Waals surface area contributed by atoms with Gasteiger partial charge in [0.1, 0.15) is 11.8 Å². The lowest BCUT2D eigenvalue weighted by atomic mass is 9.96. The summed E-state index contributed by atoms with van der Waals surface area (Å²) in [5.41, 5.74) is 1.83. The van der Waals surface area contributed by atoms with Crippen molar-refractivity contribution in [1.82, 2.24) is 15.5 Å². The quantitative estimate of drug-likeness (QED) is 0.267.